The van der Waals surface area contributed by atoms with E-state index in [2.05, 4.69) is 15.5 Å². The lowest BCUT2D eigenvalue weighted by molar-refractivity contribution is 0.182. The van der Waals surface area contributed by atoms with Crippen LogP contribution in [-0.4, -0.2) is 38.8 Å². The van der Waals surface area contributed by atoms with Gasteiger partial charge in [0.1, 0.15) is 6.33 Å². The molecule has 1 N–H and O–H groups in total. The van der Waals surface area contributed by atoms with Gasteiger partial charge in [-0.05, 0) is 6.92 Å². The minimum atomic E-state index is -0.0262. The van der Waals surface area contributed by atoms with Gasteiger partial charge >= 0.3 is 6.03 Å². The lowest BCUT2D eigenvalue weighted by Gasteiger charge is -2.26. The van der Waals surface area contributed by atoms with Crippen molar-refractivity contribution in [3.63, 3.8) is 0 Å². The second kappa shape index (κ2) is 3.65. The van der Waals surface area contributed by atoms with Crippen LogP contribution in [0.3, 0.4) is 0 Å². The maximum absolute atomic E-state index is 11.5. The molecule has 0 saturated carbocycles. The van der Waals surface area contributed by atoms with Crippen LogP contribution in [0.2, 0.25) is 0 Å². The predicted molar refractivity (Wildman–Crippen MR) is 49.5 cm³/mol. The number of nitrogens with zero attached hydrogens (tertiary/aromatic N) is 4. The molecule has 76 valence electrons. The molecule has 2 heterocycles. The summed E-state index contributed by atoms with van der Waals surface area (Å²) in [5.41, 5.74) is 0. The number of rotatable bonds is 1. The number of hydrogen-bond donors (Lipinski definition) is 1. The molecule has 6 heteroatoms. The number of aromatic nitrogens is 3. The number of fused-ring (bicyclic) bond motifs is 1. The molecule has 0 bridgehead atoms. The molecule has 0 saturated heterocycles. The van der Waals surface area contributed by atoms with Crippen LogP contribution in [0.15, 0.2) is 6.33 Å². The van der Waals surface area contributed by atoms with Crippen molar-refractivity contribution in [3.05, 3.63) is 12.2 Å². The Balaban J connectivity index is 2.04. The van der Waals surface area contributed by atoms with Gasteiger partial charge in [0, 0.05) is 19.6 Å². The van der Waals surface area contributed by atoms with Crippen molar-refractivity contribution < 1.29 is 4.79 Å². The molecule has 0 spiro atoms. The van der Waals surface area contributed by atoms with E-state index in [0.29, 0.717) is 13.1 Å². The second-order valence-electron chi connectivity index (χ2n) is 3.20. The third-order valence-corrected chi connectivity index (χ3v) is 2.25. The lowest BCUT2D eigenvalue weighted by atomic mass is 10.4. The topological polar surface area (TPSA) is 63.1 Å². The fraction of sp³-hybridized carbons (Fsp3) is 0.625. The monoisotopic (exact) mass is 195 g/mol. The van der Waals surface area contributed by atoms with Crippen LogP contribution in [0, 0.1) is 0 Å². The summed E-state index contributed by atoms with van der Waals surface area (Å²) in [4.78, 5) is 13.2. The summed E-state index contributed by atoms with van der Waals surface area (Å²) in [6.45, 7) is 4.61. The van der Waals surface area contributed by atoms with Crippen molar-refractivity contribution in [1.82, 2.24) is 25.0 Å². The van der Waals surface area contributed by atoms with Crippen molar-refractivity contribution in [2.75, 3.05) is 13.1 Å². The molecule has 0 radical (unpaired) electrons. The molecule has 14 heavy (non-hydrogen) atoms. The Kier molecular flexibility index (Phi) is 2.34. The highest BCUT2D eigenvalue weighted by molar-refractivity contribution is 5.74. The van der Waals surface area contributed by atoms with E-state index in [9.17, 15) is 4.79 Å². The summed E-state index contributed by atoms with van der Waals surface area (Å²) in [6, 6.07) is -0.0262. The summed E-state index contributed by atoms with van der Waals surface area (Å²) in [5, 5.41) is 10.5. The van der Waals surface area contributed by atoms with Crippen molar-refractivity contribution in [2.24, 2.45) is 0 Å². The van der Waals surface area contributed by atoms with Crippen LogP contribution in [0.5, 0.6) is 0 Å². The summed E-state index contributed by atoms with van der Waals surface area (Å²) >= 11 is 0. The fourth-order valence-electron chi connectivity index (χ4n) is 1.50. The minimum Gasteiger partial charge on any atom is -0.338 e. The molecule has 6 nitrogen and oxygen atoms in total. The first-order valence-electron chi connectivity index (χ1n) is 4.70. The van der Waals surface area contributed by atoms with Gasteiger partial charge in [-0.1, -0.05) is 0 Å². The van der Waals surface area contributed by atoms with Crippen molar-refractivity contribution >= 4 is 6.03 Å². The maximum Gasteiger partial charge on any atom is 0.317 e. The molecule has 0 aliphatic carbocycles. The van der Waals surface area contributed by atoms with E-state index in [4.69, 9.17) is 0 Å². The molecule has 2 rings (SSSR count). The third-order valence-electron chi connectivity index (χ3n) is 2.25. The molecular weight excluding hydrogens is 182 g/mol. The Bertz CT molecular complexity index is 334. The largest absolute Gasteiger partial charge is 0.338 e. The zero-order valence-electron chi connectivity index (χ0n) is 8.10. The molecule has 0 fully saturated rings. The van der Waals surface area contributed by atoms with Gasteiger partial charge in [-0.25, -0.2) is 4.79 Å². The lowest BCUT2D eigenvalue weighted by Crippen LogP contribution is -2.44. The zero-order valence-corrected chi connectivity index (χ0v) is 8.10. The van der Waals surface area contributed by atoms with Gasteiger partial charge in [0.2, 0.25) is 0 Å². The van der Waals surface area contributed by atoms with E-state index in [1.165, 1.54) is 0 Å². The van der Waals surface area contributed by atoms with E-state index in [1.807, 2.05) is 11.5 Å². The molecule has 1 aliphatic rings. The molecule has 1 aliphatic heterocycles. The first kappa shape index (κ1) is 8.98. The summed E-state index contributed by atoms with van der Waals surface area (Å²) in [5.74, 6) is 0.850. The Labute approximate surface area is 81.9 Å². The SMILES string of the molecule is CCNC(=O)N1CCn2cnnc2C1. The Morgan fingerprint density at radius 2 is 2.50 bits per heavy atom. The number of hydrogen-bond acceptors (Lipinski definition) is 3. The summed E-state index contributed by atoms with van der Waals surface area (Å²) < 4.78 is 1.97. The Hall–Kier alpha value is -1.59. The second-order valence-corrected chi connectivity index (χ2v) is 3.20. The highest BCUT2D eigenvalue weighted by atomic mass is 16.2. The van der Waals surface area contributed by atoms with Crippen LogP contribution in [0.25, 0.3) is 0 Å². The van der Waals surface area contributed by atoms with E-state index in [0.717, 1.165) is 18.9 Å². The Morgan fingerprint density at radius 1 is 1.64 bits per heavy atom. The van der Waals surface area contributed by atoms with E-state index >= 15 is 0 Å². The highest BCUT2D eigenvalue weighted by Crippen LogP contribution is 2.08. The van der Waals surface area contributed by atoms with Crippen LogP contribution in [0.4, 0.5) is 4.79 Å². The zero-order chi connectivity index (χ0) is 9.97. The molecule has 0 unspecified atom stereocenters. The average molecular weight is 195 g/mol. The first-order valence-corrected chi connectivity index (χ1v) is 4.70. The first-order chi connectivity index (χ1) is 6.81. The number of urea groups is 1. The van der Waals surface area contributed by atoms with Gasteiger partial charge in [0.25, 0.3) is 0 Å². The maximum atomic E-state index is 11.5. The predicted octanol–water partition coefficient (Wildman–Crippen LogP) is -0.177. The minimum absolute atomic E-state index is 0.0262. The van der Waals surface area contributed by atoms with Gasteiger partial charge in [-0.2, -0.15) is 0 Å². The van der Waals surface area contributed by atoms with Crippen LogP contribution < -0.4 is 5.32 Å². The molecule has 2 amide bonds. The smallest absolute Gasteiger partial charge is 0.317 e. The van der Waals surface area contributed by atoms with Gasteiger partial charge in [0.15, 0.2) is 5.82 Å². The number of nitrogens with one attached hydrogen (secondary N) is 1. The number of amides is 2. The molecule has 0 aromatic carbocycles. The van der Waals surface area contributed by atoms with Crippen LogP contribution in [-0.2, 0) is 13.1 Å². The summed E-state index contributed by atoms with van der Waals surface area (Å²) in [6.07, 6.45) is 1.70. The standard InChI is InChI=1S/C8H13N5O/c1-2-9-8(14)12-3-4-13-6-10-11-7(13)5-12/h6H,2-5H2,1H3,(H,9,14). The molecule has 1 aromatic rings. The van der Waals surface area contributed by atoms with E-state index < -0.39 is 0 Å². The van der Waals surface area contributed by atoms with Crippen molar-refractivity contribution in [3.8, 4) is 0 Å². The number of carbonyl (C=O) groups is 1. The van der Waals surface area contributed by atoms with Gasteiger partial charge in [-0.15, -0.1) is 10.2 Å². The van der Waals surface area contributed by atoms with Crippen LogP contribution >= 0.6 is 0 Å². The van der Waals surface area contributed by atoms with E-state index in [-0.39, 0.29) is 6.03 Å². The van der Waals surface area contributed by atoms with Gasteiger partial charge in [0.05, 0.1) is 6.54 Å². The van der Waals surface area contributed by atoms with Crippen molar-refractivity contribution in [2.45, 2.75) is 20.0 Å². The van der Waals surface area contributed by atoms with Crippen molar-refractivity contribution in [1.29, 1.82) is 0 Å². The highest BCUT2D eigenvalue weighted by Gasteiger charge is 2.20. The molecule has 1 aromatic heterocycles. The van der Waals surface area contributed by atoms with Crippen LogP contribution in [0.1, 0.15) is 12.7 Å². The average Bonchev–Trinajstić information content (AvgIpc) is 2.64. The quantitative estimate of drug-likeness (QED) is 0.676. The normalized spacial score (nSPS) is 15.1. The van der Waals surface area contributed by atoms with Gasteiger partial charge in [-0.3, -0.25) is 0 Å². The Morgan fingerprint density at radius 3 is 3.29 bits per heavy atom. The molecule has 0 atom stereocenters. The number of carbonyl (C=O) groups excluding carboxylic acids is 1. The summed E-state index contributed by atoms with van der Waals surface area (Å²) in [7, 11) is 0. The van der Waals surface area contributed by atoms with E-state index in [1.54, 1.807) is 11.2 Å². The third kappa shape index (κ3) is 1.55. The molecular formula is C8H13N5O. The fourth-order valence-corrected chi connectivity index (χ4v) is 1.50. The van der Waals surface area contributed by atoms with Gasteiger partial charge < -0.3 is 14.8 Å².